The van der Waals surface area contributed by atoms with Gasteiger partial charge >= 0.3 is 5.97 Å². The SMILES string of the molecule is CC1C(C)C1NCC(=O)O. The molecular weight excluding hydrogens is 130 g/mol. The lowest BCUT2D eigenvalue weighted by atomic mass is 10.4. The predicted octanol–water partition coefficient (Wildman–Crippen LogP) is 0.315. The molecule has 0 spiro atoms. The molecule has 10 heavy (non-hydrogen) atoms. The summed E-state index contributed by atoms with van der Waals surface area (Å²) in [6.45, 7) is 4.35. The number of carbonyl (C=O) groups is 1. The third-order valence-electron chi connectivity index (χ3n) is 2.31. The van der Waals surface area contributed by atoms with Gasteiger partial charge in [0.1, 0.15) is 0 Å². The Morgan fingerprint density at radius 1 is 1.50 bits per heavy atom. The third kappa shape index (κ3) is 1.48. The van der Waals surface area contributed by atoms with E-state index in [2.05, 4.69) is 19.2 Å². The molecule has 0 aliphatic heterocycles. The van der Waals surface area contributed by atoms with Gasteiger partial charge in [-0.25, -0.2) is 0 Å². The Morgan fingerprint density at radius 2 is 2.00 bits per heavy atom. The molecule has 1 aliphatic rings. The van der Waals surface area contributed by atoms with Gasteiger partial charge in [-0.3, -0.25) is 4.79 Å². The predicted molar refractivity (Wildman–Crippen MR) is 37.8 cm³/mol. The van der Waals surface area contributed by atoms with Gasteiger partial charge in [-0.05, 0) is 11.8 Å². The number of carboxylic acid groups (broad SMARTS) is 1. The van der Waals surface area contributed by atoms with Gasteiger partial charge in [0, 0.05) is 6.04 Å². The van der Waals surface area contributed by atoms with Crippen LogP contribution in [0.5, 0.6) is 0 Å². The molecule has 0 heterocycles. The van der Waals surface area contributed by atoms with Gasteiger partial charge in [-0.1, -0.05) is 13.8 Å². The molecule has 2 unspecified atom stereocenters. The Bertz CT molecular complexity index is 139. The van der Waals surface area contributed by atoms with Crippen molar-refractivity contribution in [3.8, 4) is 0 Å². The van der Waals surface area contributed by atoms with E-state index in [0.29, 0.717) is 17.9 Å². The smallest absolute Gasteiger partial charge is 0.317 e. The van der Waals surface area contributed by atoms with Crippen molar-refractivity contribution < 1.29 is 9.90 Å². The van der Waals surface area contributed by atoms with E-state index >= 15 is 0 Å². The van der Waals surface area contributed by atoms with Crippen molar-refractivity contribution in [3.63, 3.8) is 0 Å². The van der Waals surface area contributed by atoms with Crippen LogP contribution in [0.2, 0.25) is 0 Å². The molecule has 1 rings (SSSR count). The van der Waals surface area contributed by atoms with Crippen molar-refractivity contribution in [3.05, 3.63) is 0 Å². The summed E-state index contributed by atoms with van der Waals surface area (Å²) in [7, 11) is 0. The Morgan fingerprint density at radius 3 is 2.30 bits per heavy atom. The van der Waals surface area contributed by atoms with Crippen molar-refractivity contribution in [1.29, 1.82) is 0 Å². The summed E-state index contributed by atoms with van der Waals surface area (Å²) in [6.07, 6.45) is 0. The van der Waals surface area contributed by atoms with Crippen LogP contribution >= 0.6 is 0 Å². The van der Waals surface area contributed by atoms with Crippen molar-refractivity contribution in [2.75, 3.05) is 6.54 Å². The molecule has 0 bridgehead atoms. The standard InChI is InChI=1S/C7H13NO2/c1-4-5(2)7(4)8-3-6(9)10/h4-5,7-8H,3H2,1-2H3,(H,9,10). The Balaban J connectivity index is 2.11. The minimum Gasteiger partial charge on any atom is -0.480 e. The molecule has 2 N–H and O–H groups in total. The maximum Gasteiger partial charge on any atom is 0.317 e. The van der Waals surface area contributed by atoms with E-state index in [1.807, 2.05) is 0 Å². The van der Waals surface area contributed by atoms with E-state index in [1.54, 1.807) is 0 Å². The summed E-state index contributed by atoms with van der Waals surface area (Å²) in [6, 6.07) is 0.441. The summed E-state index contributed by atoms with van der Waals surface area (Å²) in [5.41, 5.74) is 0. The second-order valence-corrected chi connectivity index (χ2v) is 3.02. The Kier molecular flexibility index (Phi) is 1.94. The number of nitrogens with one attached hydrogen (secondary N) is 1. The molecule has 1 saturated carbocycles. The fraction of sp³-hybridized carbons (Fsp3) is 0.857. The van der Waals surface area contributed by atoms with E-state index in [4.69, 9.17) is 5.11 Å². The van der Waals surface area contributed by atoms with Crippen LogP contribution in [-0.2, 0) is 4.79 Å². The van der Waals surface area contributed by atoms with Crippen LogP contribution in [0, 0.1) is 11.8 Å². The number of carboxylic acids is 1. The first-order valence-electron chi connectivity index (χ1n) is 3.58. The van der Waals surface area contributed by atoms with Gasteiger partial charge < -0.3 is 10.4 Å². The van der Waals surface area contributed by atoms with Gasteiger partial charge in [0.15, 0.2) is 0 Å². The summed E-state index contributed by atoms with van der Waals surface area (Å²) >= 11 is 0. The van der Waals surface area contributed by atoms with E-state index in [1.165, 1.54) is 0 Å². The molecule has 0 saturated heterocycles. The maximum absolute atomic E-state index is 10.1. The fourth-order valence-corrected chi connectivity index (χ4v) is 1.24. The van der Waals surface area contributed by atoms with Crippen molar-refractivity contribution in [1.82, 2.24) is 5.32 Å². The van der Waals surface area contributed by atoms with Crippen LogP contribution in [0.4, 0.5) is 0 Å². The number of aliphatic carboxylic acids is 1. The zero-order valence-electron chi connectivity index (χ0n) is 6.29. The zero-order valence-corrected chi connectivity index (χ0v) is 6.29. The molecule has 58 valence electrons. The third-order valence-corrected chi connectivity index (χ3v) is 2.31. The quantitative estimate of drug-likeness (QED) is 0.598. The molecule has 0 aromatic heterocycles. The Labute approximate surface area is 60.4 Å². The van der Waals surface area contributed by atoms with Crippen LogP contribution in [0.25, 0.3) is 0 Å². The average molecular weight is 143 g/mol. The van der Waals surface area contributed by atoms with Crippen molar-refractivity contribution >= 4 is 5.97 Å². The first kappa shape index (κ1) is 7.54. The van der Waals surface area contributed by atoms with E-state index in [0.717, 1.165) is 0 Å². The molecule has 0 amide bonds. The van der Waals surface area contributed by atoms with Crippen LogP contribution in [0.3, 0.4) is 0 Å². The van der Waals surface area contributed by atoms with E-state index in [-0.39, 0.29) is 6.54 Å². The summed E-state index contributed by atoms with van der Waals surface area (Å²) < 4.78 is 0. The monoisotopic (exact) mass is 143 g/mol. The van der Waals surface area contributed by atoms with Gasteiger partial charge in [0.05, 0.1) is 6.54 Å². The highest BCUT2D eigenvalue weighted by Crippen LogP contribution is 2.37. The normalized spacial score (nSPS) is 37.6. The molecule has 3 heteroatoms. The molecule has 0 radical (unpaired) electrons. The summed E-state index contributed by atoms with van der Waals surface area (Å²) in [5.74, 6) is 0.532. The van der Waals surface area contributed by atoms with Crippen LogP contribution < -0.4 is 5.32 Å². The number of rotatable bonds is 3. The number of hydrogen-bond acceptors (Lipinski definition) is 2. The highest BCUT2D eigenvalue weighted by molar-refractivity contribution is 5.69. The number of hydrogen-bond donors (Lipinski definition) is 2. The molecule has 0 aromatic carbocycles. The molecule has 1 fully saturated rings. The minimum atomic E-state index is -0.772. The van der Waals surface area contributed by atoms with Crippen LogP contribution in [0.15, 0.2) is 0 Å². The van der Waals surface area contributed by atoms with Gasteiger partial charge in [-0.2, -0.15) is 0 Å². The molecule has 1 aliphatic carbocycles. The maximum atomic E-state index is 10.1. The minimum absolute atomic E-state index is 0.0966. The molecule has 3 nitrogen and oxygen atoms in total. The average Bonchev–Trinajstić information content (AvgIpc) is 2.38. The van der Waals surface area contributed by atoms with E-state index in [9.17, 15) is 4.79 Å². The topological polar surface area (TPSA) is 49.3 Å². The lowest BCUT2D eigenvalue weighted by Crippen LogP contribution is -2.26. The fourth-order valence-electron chi connectivity index (χ4n) is 1.24. The van der Waals surface area contributed by atoms with E-state index < -0.39 is 5.97 Å². The Hall–Kier alpha value is -0.570. The lowest BCUT2D eigenvalue weighted by molar-refractivity contribution is -0.136. The highest BCUT2D eigenvalue weighted by Gasteiger charge is 2.42. The van der Waals surface area contributed by atoms with Gasteiger partial charge in [-0.15, -0.1) is 0 Å². The molecule has 2 atom stereocenters. The van der Waals surface area contributed by atoms with Crippen LogP contribution in [-0.4, -0.2) is 23.7 Å². The lowest BCUT2D eigenvalue weighted by Gasteiger charge is -1.96. The second-order valence-electron chi connectivity index (χ2n) is 3.02. The largest absolute Gasteiger partial charge is 0.480 e. The summed E-state index contributed by atoms with van der Waals surface area (Å²) in [5, 5.41) is 11.3. The van der Waals surface area contributed by atoms with Crippen molar-refractivity contribution in [2.24, 2.45) is 11.8 Å². The first-order valence-corrected chi connectivity index (χ1v) is 3.58. The summed E-state index contributed by atoms with van der Waals surface area (Å²) in [4.78, 5) is 10.1. The molecular formula is C7H13NO2. The van der Waals surface area contributed by atoms with Crippen molar-refractivity contribution in [2.45, 2.75) is 19.9 Å². The zero-order chi connectivity index (χ0) is 7.72. The molecule has 0 aromatic rings. The van der Waals surface area contributed by atoms with Gasteiger partial charge in [0.2, 0.25) is 0 Å². The van der Waals surface area contributed by atoms with Gasteiger partial charge in [0.25, 0.3) is 0 Å². The first-order chi connectivity index (χ1) is 4.63. The van der Waals surface area contributed by atoms with Crippen LogP contribution in [0.1, 0.15) is 13.8 Å². The highest BCUT2D eigenvalue weighted by atomic mass is 16.4. The second kappa shape index (κ2) is 2.58.